The van der Waals surface area contributed by atoms with Crippen molar-refractivity contribution in [1.82, 2.24) is 4.98 Å². The molecular weight excluding hydrogens is 458 g/mol. The number of carbonyl (C=O) groups is 1. The van der Waals surface area contributed by atoms with Gasteiger partial charge in [-0.15, -0.1) is 0 Å². The van der Waals surface area contributed by atoms with Crippen molar-refractivity contribution >= 4 is 32.8 Å². The van der Waals surface area contributed by atoms with Gasteiger partial charge in [-0.3, -0.25) is 0 Å². The molecule has 4 rings (SSSR count). The standard InChI is InChI=1S/C25H20BrNO4/c1-29-19-10-12-20(13-11-19)30-14-15-31-25(28)22-16-24(17-6-8-18(26)9-7-17)27-23-5-3-2-4-21(22)23/h2-13,16H,14-15H2,1H3. The molecule has 0 saturated carbocycles. The summed E-state index contributed by atoms with van der Waals surface area (Å²) in [5.41, 5.74) is 2.86. The predicted molar refractivity (Wildman–Crippen MR) is 124 cm³/mol. The van der Waals surface area contributed by atoms with Crippen LogP contribution in [0.2, 0.25) is 0 Å². The first kappa shape index (κ1) is 20.9. The van der Waals surface area contributed by atoms with E-state index in [-0.39, 0.29) is 13.2 Å². The number of hydrogen-bond donors (Lipinski definition) is 0. The largest absolute Gasteiger partial charge is 0.497 e. The molecule has 1 heterocycles. The molecule has 0 amide bonds. The molecule has 0 atom stereocenters. The molecule has 0 fully saturated rings. The number of pyridine rings is 1. The van der Waals surface area contributed by atoms with Gasteiger partial charge in [0.05, 0.1) is 23.9 Å². The van der Waals surface area contributed by atoms with Gasteiger partial charge in [-0.05, 0) is 48.5 Å². The summed E-state index contributed by atoms with van der Waals surface area (Å²) in [5.74, 6) is 1.03. The van der Waals surface area contributed by atoms with Gasteiger partial charge in [-0.2, -0.15) is 0 Å². The maximum Gasteiger partial charge on any atom is 0.339 e. The van der Waals surface area contributed by atoms with Crippen molar-refractivity contribution < 1.29 is 19.0 Å². The topological polar surface area (TPSA) is 57.7 Å². The molecule has 0 radical (unpaired) electrons. The normalized spacial score (nSPS) is 10.6. The third kappa shape index (κ3) is 5.03. The zero-order valence-electron chi connectivity index (χ0n) is 16.9. The maximum absolute atomic E-state index is 12.9. The Hall–Kier alpha value is -3.38. The third-order valence-corrected chi connectivity index (χ3v) is 5.25. The number of benzene rings is 3. The van der Waals surface area contributed by atoms with Crippen LogP contribution < -0.4 is 9.47 Å². The zero-order chi connectivity index (χ0) is 21.6. The fourth-order valence-corrected chi connectivity index (χ4v) is 3.42. The second kappa shape index (κ2) is 9.62. The van der Waals surface area contributed by atoms with Crippen LogP contribution in [0.15, 0.2) is 83.3 Å². The fraction of sp³-hybridized carbons (Fsp3) is 0.120. The van der Waals surface area contributed by atoms with E-state index in [4.69, 9.17) is 19.2 Å². The van der Waals surface area contributed by atoms with Gasteiger partial charge in [0.25, 0.3) is 0 Å². The Morgan fingerprint density at radius 1 is 0.903 bits per heavy atom. The van der Waals surface area contributed by atoms with Crippen LogP contribution in [0.3, 0.4) is 0 Å². The average molecular weight is 478 g/mol. The quantitative estimate of drug-likeness (QED) is 0.244. The number of nitrogens with zero attached hydrogens (tertiary/aromatic N) is 1. The second-order valence-corrected chi connectivity index (χ2v) is 7.65. The molecule has 1 aromatic heterocycles. The molecule has 0 N–H and O–H groups in total. The van der Waals surface area contributed by atoms with Crippen LogP contribution in [0.25, 0.3) is 22.2 Å². The minimum Gasteiger partial charge on any atom is -0.497 e. The van der Waals surface area contributed by atoms with E-state index in [1.807, 2.05) is 72.8 Å². The van der Waals surface area contributed by atoms with Gasteiger partial charge >= 0.3 is 5.97 Å². The van der Waals surface area contributed by atoms with Crippen LogP contribution in [-0.2, 0) is 4.74 Å². The Kier molecular flexibility index (Phi) is 6.48. The Morgan fingerprint density at radius 3 is 2.35 bits per heavy atom. The first-order chi connectivity index (χ1) is 15.1. The summed E-state index contributed by atoms with van der Waals surface area (Å²) in [6.45, 7) is 0.385. The first-order valence-electron chi connectivity index (χ1n) is 9.74. The highest BCUT2D eigenvalue weighted by Crippen LogP contribution is 2.26. The van der Waals surface area contributed by atoms with Crippen molar-refractivity contribution in [2.24, 2.45) is 0 Å². The monoisotopic (exact) mass is 477 g/mol. The molecule has 0 aliphatic carbocycles. The van der Waals surface area contributed by atoms with Gasteiger partial charge in [0.2, 0.25) is 0 Å². The van der Waals surface area contributed by atoms with Crippen molar-refractivity contribution in [3.05, 3.63) is 88.9 Å². The highest BCUT2D eigenvalue weighted by atomic mass is 79.9. The van der Waals surface area contributed by atoms with E-state index in [0.717, 1.165) is 26.7 Å². The molecule has 3 aromatic carbocycles. The molecule has 156 valence electrons. The summed E-state index contributed by atoms with van der Waals surface area (Å²) in [5, 5.41) is 0.754. The molecule has 4 aromatic rings. The van der Waals surface area contributed by atoms with Crippen LogP contribution in [-0.4, -0.2) is 31.3 Å². The van der Waals surface area contributed by atoms with Crippen molar-refractivity contribution in [2.45, 2.75) is 0 Å². The number of rotatable bonds is 7. The summed E-state index contributed by atoms with van der Waals surface area (Å²) < 4.78 is 17.2. The molecular formula is C25H20BrNO4. The average Bonchev–Trinajstić information content (AvgIpc) is 2.82. The van der Waals surface area contributed by atoms with Crippen molar-refractivity contribution in [3.8, 4) is 22.8 Å². The van der Waals surface area contributed by atoms with E-state index in [9.17, 15) is 4.79 Å². The number of methoxy groups -OCH3 is 1. The molecule has 0 unspecified atom stereocenters. The van der Waals surface area contributed by atoms with Crippen molar-refractivity contribution in [3.63, 3.8) is 0 Å². The smallest absolute Gasteiger partial charge is 0.339 e. The third-order valence-electron chi connectivity index (χ3n) is 4.72. The van der Waals surface area contributed by atoms with Crippen LogP contribution in [0.1, 0.15) is 10.4 Å². The number of carbonyl (C=O) groups excluding carboxylic acids is 1. The SMILES string of the molecule is COc1ccc(OCCOC(=O)c2cc(-c3ccc(Br)cc3)nc3ccccc23)cc1. The molecule has 31 heavy (non-hydrogen) atoms. The minimum atomic E-state index is -0.407. The maximum atomic E-state index is 12.9. The molecule has 6 heteroatoms. The summed E-state index contributed by atoms with van der Waals surface area (Å²) in [6.07, 6.45) is 0. The summed E-state index contributed by atoms with van der Waals surface area (Å²) in [4.78, 5) is 17.6. The van der Waals surface area contributed by atoms with Gasteiger partial charge < -0.3 is 14.2 Å². The lowest BCUT2D eigenvalue weighted by atomic mass is 10.0. The van der Waals surface area contributed by atoms with Gasteiger partial charge in [-0.25, -0.2) is 9.78 Å². The summed E-state index contributed by atoms with van der Waals surface area (Å²) in [6, 6.07) is 24.4. The molecule has 0 bridgehead atoms. The predicted octanol–water partition coefficient (Wildman–Crippen LogP) is 5.91. The molecule has 0 aliphatic rings. The highest BCUT2D eigenvalue weighted by Gasteiger charge is 2.15. The number of ether oxygens (including phenoxy) is 3. The fourth-order valence-electron chi connectivity index (χ4n) is 3.16. The number of hydrogen-bond acceptors (Lipinski definition) is 5. The number of fused-ring (bicyclic) bond motifs is 1. The lowest BCUT2D eigenvalue weighted by Gasteiger charge is -2.11. The van der Waals surface area contributed by atoms with Gasteiger partial charge in [0.15, 0.2) is 0 Å². The van der Waals surface area contributed by atoms with Gasteiger partial charge in [-0.1, -0.05) is 46.3 Å². The van der Waals surface area contributed by atoms with Crippen LogP contribution in [0, 0.1) is 0 Å². The molecule has 0 spiro atoms. The summed E-state index contributed by atoms with van der Waals surface area (Å²) >= 11 is 3.44. The van der Waals surface area contributed by atoms with E-state index in [1.165, 1.54) is 0 Å². The number of para-hydroxylation sites is 1. The van der Waals surface area contributed by atoms with E-state index >= 15 is 0 Å². The van der Waals surface area contributed by atoms with Crippen molar-refractivity contribution in [1.29, 1.82) is 0 Å². The van der Waals surface area contributed by atoms with E-state index in [1.54, 1.807) is 13.2 Å². The van der Waals surface area contributed by atoms with Crippen molar-refractivity contribution in [2.75, 3.05) is 20.3 Å². The number of aromatic nitrogens is 1. The van der Waals surface area contributed by atoms with E-state index < -0.39 is 5.97 Å². The zero-order valence-corrected chi connectivity index (χ0v) is 18.5. The summed E-state index contributed by atoms with van der Waals surface area (Å²) in [7, 11) is 1.61. The Labute approximate surface area is 188 Å². The van der Waals surface area contributed by atoms with Crippen LogP contribution in [0.5, 0.6) is 11.5 Å². The minimum absolute atomic E-state index is 0.134. The molecule has 0 aliphatic heterocycles. The van der Waals surface area contributed by atoms with Gasteiger partial charge in [0.1, 0.15) is 24.7 Å². The van der Waals surface area contributed by atoms with Crippen LogP contribution in [0.4, 0.5) is 0 Å². The second-order valence-electron chi connectivity index (χ2n) is 6.74. The first-order valence-corrected chi connectivity index (χ1v) is 10.5. The van der Waals surface area contributed by atoms with E-state index in [0.29, 0.717) is 17.0 Å². The highest BCUT2D eigenvalue weighted by molar-refractivity contribution is 9.10. The molecule has 5 nitrogen and oxygen atoms in total. The molecule has 0 saturated heterocycles. The van der Waals surface area contributed by atoms with Crippen LogP contribution >= 0.6 is 15.9 Å². The van der Waals surface area contributed by atoms with E-state index in [2.05, 4.69) is 15.9 Å². The van der Waals surface area contributed by atoms with Gasteiger partial charge in [0, 0.05) is 15.4 Å². The number of halogens is 1. The Balaban J connectivity index is 1.49. The lowest BCUT2D eigenvalue weighted by Crippen LogP contribution is -2.13. The Bertz CT molecular complexity index is 1190. The Morgan fingerprint density at radius 2 is 1.61 bits per heavy atom. The lowest BCUT2D eigenvalue weighted by molar-refractivity contribution is 0.0452. The number of esters is 1.